The van der Waals surface area contributed by atoms with Crippen LogP contribution in [0.5, 0.6) is 0 Å². The highest BCUT2D eigenvalue weighted by atomic mass is 19.1. The van der Waals surface area contributed by atoms with Crippen molar-refractivity contribution in [1.29, 1.82) is 0 Å². The smallest absolute Gasteiger partial charge is 0.188 e. The molecule has 78 valence electrons. The number of Topliss-reactive ketones (excluding diaryl/α,β-unsaturated/α-hetero) is 1. The van der Waals surface area contributed by atoms with Crippen molar-refractivity contribution in [2.75, 3.05) is 5.73 Å². The molecule has 0 heterocycles. The highest BCUT2D eigenvalue weighted by Gasteiger charge is 2.16. The number of allylic oxidation sites excluding steroid dienone is 2. The van der Waals surface area contributed by atoms with Gasteiger partial charge in [-0.25, -0.2) is 4.39 Å². The lowest BCUT2D eigenvalue weighted by atomic mass is 10.0. The third-order valence-electron chi connectivity index (χ3n) is 2.60. The Kier molecular flexibility index (Phi) is 2.54. The highest BCUT2D eigenvalue weighted by molar-refractivity contribution is 6.09. The standard InChI is InChI=1S/C12H12FNO/c13-10-7-9(5-6-11(10)14)12(15)8-3-1-2-4-8/h3,5-7H,1-2,4,14H2. The normalized spacial score (nSPS) is 15.1. The number of nitrogens with two attached hydrogens (primary N) is 1. The van der Waals surface area contributed by atoms with Gasteiger partial charge in [0.2, 0.25) is 0 Å². The second kappa shape index (κ2) is 3.85. The van der Waals surface area contributed by atoms with Crippen LogP contribution in [0.15, 0.2) is 29.8 Å². The maximum Gasteiger partial charge on any atom is 0.188 e. The summed E-state index contributed by atoms with van der Waals surface area (Å²) in [6.07, 6.45) is 4.68. The Labute approximate surface area is 87.6 Å². The fourth-order valence-corrected chi connectivity index (χ4v) is 1.73. The van der Waals surface area contributed by atoms with Crippen LogP contribution < -0.4 is 5.73 Å². The summed E-state index contributed by atoms with van der Waals surface area (Å²) in [5.41, 5.74) is 6.59. The maximum absolute atomic E-state index is 13.1. The van der Waals surface area contributed by atoms with E-state index in [0.717, 1.165) is 24.8 Å². The van der Waals surface area contributed by atoms with E-state index in [1.54, 1.807) is 6.07 Å². The molecule has 2 nitrogen and oxygen atoms in total. The molecule has 0 amide bonds. The molecule has 0 bridgehead atoms. The number of ketones is 1. The Hall–Kier alpha value is -1.64. The number of carbonyl (C=O) groups is 1. The summed E-state index contributed by atoms with van der Waals surface area (Å²) < 4.78 is 13.1. The number of anilines is 1. The number of benzene rings is 1. The minimum Gasteiger partial charge on any atom is -0.396 e. The van der Waals surface area contributed by atoms with Gasteiger partial charge in [0.15, 0.2) is 5.78 Å². The SMILES string of the molecule is Nc1ccc(C(=O)C2=CCCC2)cc1F. The molecule has 2 rings (SSSR count). The monoisotopic (exact) mass is 205 g/mol. The number of hydrogen-bond donors (Lipinski definition) is 1. The van der Waals surface area contributed by atoms with Gasteiger partial charge in [0, 0.05) is 5.56 Å². The van der Waals surface area contributed by atoms with Crippen molar-refractivity contribution in [2.24, 2.45) is 0 Å². The van der Waals surface area contributed by atoms with E-state index < -0.39 is 5.82 Å². The molecular formula is C12H12FNO. The predicted octanol–water partition coefficient (Wildman–Crippen LogP) is 2.70. The van der Waals surface area contributed by atoms with Crippen molar-refractivity contribution in [1.82, 2.24) is 0 Å². The molecule has 1 aliphatic carbocycles. The first kappa shape index (κ1) is 9.90. The molecule has 0 atom stereocenters. The lowest BCUT2D eigenvalue weighted by molar-refractivity contribution is 0.103. The first-order chi connectivity index (χ1) is 7.18. The van der Waals surface area contributed by atoms with E-state index >= 15 is 0 Å². The largest absolute Gasteiger partial charge is 0.396 e. The van der Waals surface area contributed by atoms with Gasteiger partial charge in [-0.1, -0.05) is 6.08 Å². The topological polar surface area (TPSA) is 43.1 Å². The van der Waals surface area contributed by atoms with Gasteiger partial charge in [0.1, 0.15) is 5.82 Å². The van der Waals surface area contributed by atoms with E-state index in [9.17, 15) is 9.18 Å². The third-order valence-corrected chi connectivity index (χ3v) is 2.60. The number of rotatable bonds is 2. The molecule has 0 fully saturated rings. The average Bonchev–Trinajstić information content (AvgIpc) is 2.74. The fourth-order valence-electron chi connectivity index (χ4n) is 1.73. The van der Waals surface area contributed by atoms with E-state index in [1.165, 1.54) is 12.1 Å². The maximum atomic E-state index is 13.1. The van der Waals surface area contributed by atoms with Gasteiger partial charge in [0.25, 0.3) is 0 Å². The van der Waals surface area contributed by atoms with Crippen LogP contribution in [0, 0.1) is 5.82 Å². The first-order valence-corrected chi connectivity index (χ1v) is 4.97. The Morgan fingerprint density at radius 1 is 1.40 bits per heavy atom. The van der Waals surface area contributed by atoms with Crippen LogP contribution in [0.3, 0.4) is 0 Å². The average molecular weight is 205 g/mol. The lowest BCUT2D eigenvalue weighted by Gasteiger charge is -2.03. The number of carbonyl (C=O) groups excluding carboxylic acids is 1. The van der Waals surface area contributed by atoms with E-state index in [-0.39, 0.29) is 11.5 Å². The molecular weight excluding hydrogens is 193 g/mol. The van der Waals surface area contributed by atoms with Gasteiger partial charge in [-0.15, -0.1) is 0 Å². The van der Waals surface area contributed by atoms with Crippen LogP contribution in [-0.2, 0) is 0 Å². The van der Waals surface area contributed by atoms with Gasteiger partial charge in [-0.2, -0.15) is 0 Å². The molecule has 0 saturated heterocycles. The molecule has 0 aromatic heterocycles. The van der Waals surface area contributed by atoms with Crippen molar-refractivity contribution in [3.8, 4) is 0 Å². The van der Waals surface area contributed by atoms with Gasteiger partial charge >= 0.3 is 0 Å². The van der Waals surface area contributed by atoms with Crippen LogP contribution in [0.4, 0.5) is 10.1 Å². The van der Waals surface area contributed by atoms with Gasteiger partial charge < -0.3 is 5.73 Å². The quantitative estimate of drug-likeness (QED) is 0.595. The molecule has 0 aliphatic heterocycles. The van der Waals surface area contributed by atoms with Crippen LogP contribution in [-0.4, -0.2) is 5.78 Å². The molecule has 0 radical (unpaired) electrons. The summed E-state index contributed by atoms with van der Waals surface area (Å²) in [4.78, 5) is 11.8. The van der Waals surface area contributed by atoms with E-state index in [0.29, 0.717) is 5.56 Å². The lowest BCUT2D eigenvalue weighted by Crippen LogP contribution is -2.03. The highest BCUT2D eigenvalue weighted by Crippen LogP contribution is 2.23. The zero-order chi connectivity index (χ0) is 10.8. The summed E-state index contributed by atoms with van der Waals surface area (Å²) in [6.45, 7) is 0. The van der Waals surface area contributed by atoms with Crippen LogP contribution in [0.25, 0.3) is 0 Å². The molecule has 3 heteroatoms. The Morgan fingerprint density at radius 2 is 2.20 bits per heavy atom. The molecule has 15 heavy (non-hydrogen) atoms. The summed E-state index contributed by atoms with van der Waals surface area (Å²) in [5, 5.41) is 0. The zero-order valence-electron chi connectivity index (χ0n) is 8.29. The molecule has 2 N–H and O–H groups in total. The number of nitrogen functional groups attached to an aromatic ring is 1. The minimum atomic E-state index is -0.528. The van der Waals surface area contributed by atoms with Crippen molar-refractivity contribution < 1.29 is 9.18 Å². The van der Waals surface area contributed by atoms with Gasteiger partial charge in [-0.05, 0) is 43.0 Å². The van der Waals surface area contributed by atoms with E-state index in [1.807, 2.05) is 6.08 Å². The number of halogens is 1. The Morgan fingerprint density at radius 3 is 2.80 bits per heavy atom. The zero-order valence-corrected chi connectivity index (χ0v) is 8.29. The predicted molar refractivity (Wildman–Crippen MR) is 57.1 cm³/mol. The van der Waals surface area contributed by atoms with Crippen LogP contribution >= 0.6 is 0 Å². The van der Waals surface area contributed by atoms with Crippen molar-refractivity contribution in [3.63, 3.8) is 0 Å². The van der Waals surface area contributed by atoms with Crippen LogP contribution in [0.1, 0.15) is 29.6 Å². The van der Waals surface area contributed by atoms with Crippen LogP contribution in [0.2, 0.25) is 0 Å². The molecule has 0 unspecified atom stereocenters. The first-order valence-electron chi connectivity index (χ1n) is 4.97. The molecule has 1 aromatic rings. The molecule has 1 aromatic carbocycles. The second-order valence-corrected chi connectivity index (χ2v) is 3.69. The van der Waals surface area contributed by atoms with Crippen molar-refractivity contribution >= 4 is 11.5 Å². The Bertz CT molecular complexity index is 437. The fraction of sp³-hybridized carbons (Fsp3) is 0.250. The second-order valence-electron chi connectivity index (χ2n) is 3.69. The summed E-state index contributed by atoms with van der Waals surface area (Å²) in [5.74, 6) is -0.606. The minimum absolute atomic E-state index is 0.0759. The summed E-state index contributed by atoms with van der Waals surface area (Å²) in [7, 11) is 0. The summed E-state index contributed by atoms with van der Waals surface area (Å²) >= 11 is 0. The molecule has 0 spiro atoms. The van der Waals surface area contributed by atoms with Gasteiger partial charge in [0.05, 0.1) is 5.69 Å². The van der Waals surface area contributed by atoms with E-state index in [2.05, 4.69) is 0 Å². The summed E-state index contributed by atoms with van der Waals surface area (Å²) in [6, 6.07) is 4.20. The van der Waals surface area contributed by atoms with Crippen molar-refractivity contribution in [2.45, 2.75) is 19.3 Å². The molecule has 1 aliphatic rings. The third kappa shape index (κ3) is 1.91. The number of hydrogen-bond acceptors (Lipinski definition) is 2. The van der Waals surface area contributed by atoms with Crippen molar-refractivity contribution in [3.05, 3.63) is 41.2 Å². The van der Waals surface area contributed by atoms with Gasteiger partial charge in [-0.3, -0.25) is 4.79 Å². The van der Waals surface area contributed by atoms with E-state index in [4.69, 9.17) is 5.73 Å². The molecule has 0 saturated carbocycles. The Balaban J connectivity index is 2.29.